The number of rotatable bonds is 7. The molecule has 0 saturated heterocycles. The van der Waals surface area contributed by atoms with E-state index in [9.17, 15) is 14.7 Å². The van der Waals surface area contributed by atoms with Crippen molar-refractivity contribution in [2.75, 3.05) is 26.7 Å². The van der Waals surface area contributed by atoms with Gasteiger partial charge in [0, 0.05) is 13.1 Å². The molecule has 110 valence electrons. The Balaban J connectivity index is 2.51. The highest BCUT2D eigenvalue weighted by Gasteiger charge is 2.21. The zero-order chi connectivity index (χ0) is 15.0. The number of benzene rings is 1. The second-order valence-electron chi connectivity index (χ2n) is 4.48. The van der Waals surface area contributed by atoms with Gasteiger partial charge in [0.2, 0.25) is 0 Å². The van der Waals surface area contributed by atoms with E-state index in [0.717, 1.165) is 6.54 Å². The maximum Gasteiger partial charge on any atom is 0.330 e. The number of aliphatic carboxylic acids is 1. The first-order valence-electron chi connectivity index (χ1n) is 6.55. The smallest absolute Gasteiger partial charge is 0.330 e. The van der Waals surface area contributed by atoms with E-state index >= 15 is 0 Å². The van der Waals surface area contributed by atoms with Gasteiger partial charge in [-0.05, 0) is 19.2 Å². The van der Waals surface area contributed by atoms with Gasteiger partial charge in [-0.25, -0.2) is 9.59 Å². The normalized spacial score (nSPS) is 11.9. The van der Waals surface area contributed by atoms with E-state index in [2.05, 4.69) is 10.6 Å². The fourth-order valence-corrected chi connectivity index (χ4v) is 1.63. The van der Waals surface area contributed by atoms with Crippen LogP contribution in [0.25, 0.3) is 0 Å². The summed E-state index contributed by atoms with van der Waals surface area (Å²) in [6.45, 7) is 4.10. The van der Waals surface area contributed by atoms with Gasteiger partial charge in [0.15, 0.2) is 6.04 Å². The quantitative estimate of drug-likeness (QED) is 0.697. The van der Waals surface area contributed by atoms with Crippen molar-refractivity contribution in [2.24, 2.45) is 0 Å². The van der Waals surface area contributed by atoms with Crippen molar-refractivity contribution in [3.63, 3.8) is 0 Å². The average molecular weight is 279 g/mol. The molecule has 1 aromatic carbocycles. The third-order valence-electron chi connectivity index (χ3n) is 2.97. The van der Waals surface area contributed by atoms with Crippen LogP contribution in [0.1, 0.15) is 18.5 Å². The van der Waals surface area contributed by atoms with Gasteiger partial charge in [0.25, 0.3) is 0 Å². The summed E-state index contributed by atoms with van der Waals surface area (Å²) in [6.07, 6.45) is 0. The number of carboxylic acids is 1. The maximum absolute atomic E-state index is 11.7. The summed E-state index contributed by atoms with van der Waals surface area (Å²) >= 11 is 0. The number of hydrogen-bond acceptors (Lipinski definition) is 3. The SMILES string of the molecule is CCN(C)CCNC(=O)NC(C(=O)O)c1ccccc1. The molecule has 0 aliphatic carbocycles. The molecular weight excluding hydrogens is 258 g/mol. The minimum atomic E-state index is -1.09. The van der Waals surface area contributed by atoms with Gasteiger partial charge in [-0.3, -0.25) is 0 Å². The molecule has 1 rings (SSSR count). The fraction of sp³-hybridized carbons (Fsp3) is 0.429. The number of carbonyl (C=O) groups is 2. The van der Waals surface area contributed by atoms with Gasteiger partial charge in [-0.2, -0.15) is 0 Å². The Hall–Kier alpha value is -2.08. The van der Waals surface area contributed by atoms with Crippen molar-refractivity contribution in [2.45, 2.75) is 13.0 Å². The summed E-state index contributed by atoms with van der Waals surface area (Å²) in [6, 6.07) is 7.09. The molecule has 0 aliphatic heterocycles. The Kier molecular flexibility index (Phi) is 6.52. The molecule has 2 amide bonds. The Morgan fingerprint density at radius 1 is 1.30 bits per heavy atom. The lowest BCUT2D eigenvalue weighted by molar-refractivity contribution is -0.139. The monoisotopic (exact) mass is 279 g/mol. The molecule has 1 atom stereocenters. The summed E-state index contributed by atoms with van der Waals surface area (Å²) in [5.41, 5.74) is 0.542. The summed E-state index contributed by atoms with van der Waals surface area (Å²) in [5, 5.41) is 14.3. The molecule has 0 saturated carbocycles. The molecule has 3 N–H and O–H groups in total. The molecule has 0 fully saturated rings. The van der Waals surface area contributed by atoms with Crippen LogP contribution >= 0.6 is 0 Å². The predicted octanol–water partition coefficient (Wildman–Crippen LogP) is 1.06. The Bertz CT molecular complexity index is 437. The van der Waals surface area contributed by atoms with Crippen LogP contribution < -0.4 is 10.6 Å². The van der Waals surface area contributed by atoms with E-state index in [1.807, 2.05) is 18.9 Å². The highest BCUT2D eigenvalue weighted by molar-refractivity contribution is 5.83. The Morgan fingerprint density at radius 2 is 1.95 bits per heavy atom. The predicted molar refractivity (Wildman–Crippen MR) is 76.5 cm³/mol. The number of carbonyl (C=O) groups excluding carboxylic acids is 1. The van der Waals surface area contributed by atoms with E-state index in [4.69, 9.17) is 0 Å². The number of likely N-dealkylation sites (N-methyl/N-ethyl adjacent to an activating group) is 1. The van der Waals surface area contributed by atoms with E-state index in [-0.39, 0.29) is 0 Å². The molecule has 1 unspecified atom stereocenters. The van der Waals surface area contributed by atoms with Crippen LogP contribution in [0.2, 0.25) is 0 Å². The number of nitrogens with zero attached hydrogens (tertiary/aromatic N) is 1. The lowest BCUT2D eigenvalue weighted by atomic mass is 10.1. The highest BCUT2D eigenvalue weighted by atomic mass is 16.4. The number of carboxylic acid groups (broad SMARTS) is 1. The van der Waals surface area contributed by atoms with E-state index in [0.29, 0.717) is 18.7 Å². The van der Waals surface area contributed by atoms with Crippen LogP contribution in [-0.4, -0.2) is 48.7 Å². The summed E-state index contributed by atoms with van der Waals surface area (Å²) < 4.78 is 0. The topological polar surface area (TPSA) is 81.7 Å². The Labute approximate surface area is 118 Å². The molecule has 0 bridgehead atoms. The lowest BCUT2D eigenvalue weighted by Crippen LogP contribution is -2.43. The number of nitrogens with one attached hydrogen (secondary N) is 2. The van der Waals surface area contributed by atoms with Crippen molar-refractivity contribution in [1.82, 2.24) is 15.5 Å². The first-order chi connectivity index (χ1) is 9.54. The van der Waals surface area contributed by atoms with Crippen molar-refractivity contribution in [1.29, 1.82) is 0 Å². The molecule has 20 heavy (non-hydrogen) atoms. The third kappa shape index (κ3) is 5.27. The van der Waals surface area contributed by atoms with Crippen molar-refractivity contribution in [3.8, 4) is 0 Å². The van der Waals surface area contributed by atoms with Gasteiger partial charge in [-0.1, -0.05) is 37.3 Å². The third-order valence-corrected chi connectivity index (χ3v) is 2.97. The maximum atomic E-state index is 11.7. The molecular formula is C14H21N3O3. The molecule has 0 aromatic heterocycles. The minimum Gasteiger partial charge on any atom is -0.479 e. The Morgan fingerprint density at radius 3 is 2.50 bits per heavy atom. The second-order valence-corrected chi connectivity index (χ2v) is 4.48. The standard InChI is InChI=1S/C14H21N3O3/c1-3-17(2)10-9-15-14(20)16-12(13(18)19)11-7-5-4-6-8-11/h4-8,12H,3,9-10H2,1-2H3,(H,18,19)(H2,15,16,20). The van der Waals surface area contributed by atoms with Gasteiger partial charge in [0.05, 0.1) is 0 Å². The first-order valence-corrected chi connectivity index (χ1v) is 6.55. The fourth-order valence-electron chi connectivity index (χ4n) is 1.63. The van der Waals surface area contributed by atoms with Crippen LogP contribution in [0.15, 0.2) is 30.3 Å². The molecule has 0 heterocycles. The van der Waals surface area contributed by atoms with Crippen molar-refractivity contribution < 1.29 is 14.7 Å². The first kappa shape index (κ1) is 16.0. The largest absolute Gasteiger partial charge is 0.479 e. The number of hydrogen-bond donors (Lipinski definition) is 3. The number of amides is 2. The van der Waals surface area contributed by atoms with Crippen LogP contribution in [-0.2, 0) is 4.79 Å². The molecule has 6 heteroatoms. The molecule has 0 spiro atoms. The summed E-state index contributed by atoms with van der Waals surface area (Å²) in [4.78, 5) is 25.0. The summed E-state index contributed by atoms with van der Waals surface area (Å²) in [7, 11) is 1.95. The minimum absolute atomic E-state index is 0.470. The molecule has 0 radical (unpaired) electrons. The zero-order valence-corrected chi connectivity index (χ0v) is 11.8. The van der Waals surface area contributed by atoms with Crippen molar-refractivity contribution in [3.05, 3.63) is 35.9 Å². The van der Waals surface area contributed by atoms with Crippen LogP contribution in [0.4, 0.5) is 4.79 Å². The van der Waals surface area contributed by atoms with Gasteiger partial charge in [-0.15, -0.1) is 0 Å². The molecule has 6 nitrogen and oxygen atoms in total. The average Bonchev–Trinajstić information content (AvgIpc) is 2.45. The van der Waals surface area contributed by atoms with Gasteiger partial charge < -0.3 is 20.6 Å². The van der Waals surface area contributed by atoms with Crippen LogP contribution in [0.5, 0.6) is 0 Å². The lowest BCUT2D eigenvalue weighted by Gasteiger charge is -2.17. The van der Waals surface area contributed by atoms with Gasteiger partial charge >= 0.3 is 12.0 Å². The van der Waals surface area contributed by atoms with Gasteiger partial charge in [0.1, 0.15) is 0 Å². The zero-order valence-electron chi connectivity index (χ0n) is 11.8. The van der Waals surface area contributed by atoms with Crippen LogP contribution in [0.3, 0.4) is 0 Å². The van der Waals surface area contributed by atoms with E-state index in [1.165, 1.54) is 0 Å². The van der Waals surface area contributed by atoms with Crippen molar-refractivity contribution >= 4 is 12.0 Å². The number of urea groups is 1. The highest BCUT2D eigenvalue weighted by Crippen LogP contribution is 2.12. The summed E-state index contributed by atoms with van der Waals surface area (Å²) in [5.74, 6) is -1.09. The molecule has 1 aromatic rings. The van der Waals surface area contributed by atoms with E-state index < -0.39 is 18.0 Å². The second kappa shape index (κ2) is 8.16. The molecule has 0 aliphatic rings. The van der Waals surface area contributed by atoms with Crippen LogP contribution in [0, 0.1) is 0 Å². The van der Waals surface area contributed by atoms with E-state index in [1.54, 1.807) is 30.3 Å².